The van der Waals surface area contributed by atoms with Crippen LogP contribution in [0.15, 0.2) is 17.7 Å². The second-order valence-corrected chi connectivity index (χ2v) is 1.47. The van der Waals surface area contributed by atoms with E-state index in [1.54, 1.807) is 0 Å². The summed E-state index contributed by atoms with van der Waals surface area (Å²) in [6.07, 6.45) is 8.33. The first-order valence-corrected chi connectivity index (χ1v) is 2.13. The molecule has 10 heavy (non-hydrogen) atoms. The average molecular weight is 344 g/mol. The Hall–Kier alpha value is 0.930. The monoisotopic (exact) mass is 344 g/mol. The molecule has 0 aromatic rings. The Morgan fingerprint density at radius 1 is 1.40 bits per heavy atom. The van der Waals surface area contributed by atoms with Crippen LogP contribution in [0.5, 0.6) is 0 Å². The Labute approximate surface area is 94.8 Å². The fraction of sp³-hybridized carbons (Fsp3) is 0.286. The summed E-state index contributed by atoms with van der Waals surface area (Å²) >= 11 is 0. The number of hydrogen-bond donors (Lipinski definition) is 0. The largest absolute Gasteiger partial charge is 4.00 e. The van der Waals surface area contributed by atoms with Gasteiger partial charge in [-0.05, 0) is 0 Å². The molecule has 0 aromatic carbocycles. The van der Waals surface area contributed by atoms with Crippen molar-refractivity contribution in [2.45, 2.75) is 13.3 Å². The maximum atomic E-state index is 3.12. The third-order valence-corrected chi connectivity index (χ3v) is 0.867. The summed E-state index contributed by atoms with van der Waals surface area (Å²) in [7, 11) is 0. The smallest absolute Gasteiger partial charge is 1.00 e. The number of hydrogen-bond acceptors (Lipinski definition) is 0. The van der Waals surface area contributed by atoms with Gasteiger partial charge in [-0.2, -0.15) is 6.08 Å². The standard InChI is InChI=1S/C6H7.CH3.2ClH.Hf/c1-6-4-2-3-5-6;;;;/h2,4H,3H2,1H3;1H3;2*1H;/q2*-1;;;+4/p-2. The fourth-order valence-corrected chi connectivity index (χ4v) is 0.515. The predicted octanol–water partition coefficient (Wildman–Crippen LogP) is -3.85. The van der Waals surface area contributed by atoms with Crippen LogP contribution in [-0.4, -0.2) is 0 Å². The van der Waals surface area contributed by atoms with Gasteiger partial charge < -0.3 is 32.2 Å². The van der Waals surface area contributed by atoms with E-state index in [1.807, 2.05) is 0 Å². The Kier molecular flexibility index (Phi) is 28.3. The minimum Gasteiger partial charge on any atom is -1.00 e. The van der Waals surface area contributed by atoms with Gasteiger partial charge in [-0.25, -0.2) is 11.6 Å². The molecule has 0 aromatic heterocycles. The summed E-state index contributed by atoms with van der Waals surface area (Å²) in [6, 6.07) is 0. The van der Waals surface area contributed by atoms with Crippen LogP contribution in [-0.2, 0) is 25.8 Å². The van der Waals surface area contributed by atoms with E-state index < -0.39 is 0 Å². The van der Waals surface area contributed by atoms with Crippen LogP contribution in [0.3, 0.4) is 0 Å². The van der Waals surface area contributed by atoms with Gasteiger partial charge in [-0.15, -0.1) is 6.42 Å². The molecule has 0 bridgehead atoms. The molecule has 0 nitrogen and oxygen atoms in total. The van der Waals surface area contributed by atoms with E-state index in [4.69, 9.17) is 0 Å². The van der Waals surface area contributed by atoms with Crippen molar-refractivity contribution in [2.75, 3.05) is 0 Å². The van der Waals surface area contributed by atoms with Gasteiger partial charge in [-0.1, -0.05) is 6.92 Å². The van der Waals surface area contributed by atoms with Crippen LogP contribution in [0.25, 0.3) is 0 Å². The van der Waals surface area contributed by atoms with Crippen molar-refractivity contribution in [3.8, 4) is 0 Å². The SMILES string of the molecule is CC1=[C-]CC=C1.[CH3-].[Cl-].[Cl-].[Hf+4]. The van der Waals surface area contributed by atoms with Crippen molar-refractivity contribution in [1.29, 1.82) is 0 Å². The zero-order valence-electron chi connectivity index (χ0n) is 6.12. The molecule has 0 spiro atoms. The van der Waals surface area contributed by atoms with Crippen LogP contribution in [0.2, 0.25) is 0 Å². The molecule has 0 fully saturated rings. The second kappa shape index (κ2) is 12.6. The molecular formula is C7H10Cl2Hf. The van der Waals surface area contributed by atoms with Gasteiger partial charge in [0.15, 0.2) is 0 Å². The first kappa shape index (κ1) is 22.4. The van der Waals surface area contributed by atoms with E-state index in [0.717, 1.165) is 6.42 Å². The van der Waals surface area contributed by atoms with E-state index in [9.17, 15) is 0 Å². The molecule has 0 radical (unpaired) electrons. The maximum Gasteiger partial charge on any atom is 4.00 e. The predicted molar refractivity (Wildman–Crippen MR) is 32.6 cm³/mol. The van der Waals surface area contributed by atoms with Crippen LogP contribution in [0.1, 0.15) is 13.3 Å². The number of halogens is 2. The van der Waals surface area contributed by atoms with Gasteiger partial charge in [0, 0.05) is 0 Å². The van der Waals surface area contributed by atoms with Crippen molar-refractivity contribution < 1.29 is 50.7 Å². The summed E-state index contributed by atoms with van der Waals surface area (Å²) in [6.45, 7) is 2.06. The maximum absolute atomic E-state index is 3.12. The van der Waals surface area contributed by atoms with Gasteiger partial charge in [-0.3, -0.25) is 6.08 Å². The first-order valence-electron chi connectivity index (χ1n) is 2.13. The van der Waals surface area contributed by atoms with Crippen molar-refractivity contribution in [3.05, 3.63) is 31.2 Å². The summed E-state index contributed by atoms with van der Waals surface area (Å²) in [4.78, 5) is 0. The van der Waals surface area contributed by atoms with Crippen molar-refractivity contribution in [3.63, 3.8) is 0 Å². The molecule has 56 valence electrons. The number of allylic oxidation sites excluding steroid dienone is 4. The van der Waals surface area contributed by atoms with E-state index in [1.165, 1.54) is 5.57 Å². The third kappa shape index (κ3) is 8.93. The van der Waals surface area contributed by atoms with E-state index in [2.05, 4.69) is 25.2 Å². The first-order chi connectivity index (χ1) is 2.89. The van der Waals surface area contributed by atoms with E-state index in [-0.39, 0.29) is 58.1 Å². The molecular weight excluding hydrogens is 333 g/mol. The van der Waals surface area contributed by atoms with Gasteiger partial charge >= 0.3 is 25.8 Å². The molecule has 1 aliphatic rings. The molecule has 0 aliphatic heterocycles. The van der Waals surface area contributed by atoms with E-state index >= 15 is 0 Å². The average Bonchev–Trinajstić information content (AvgIpc) is 1.86. The Morgan fingerprint density at radius 3 is 2.00 bits per heavy atom. The quantitative estimate of drug-likeness (QED) is 0.312. The van der Waals surface area contributed by atoms with E-state index in [0.29, 0.717) is 0 Å². The summed E-state index contributed by atoms with van der Waals surface area (Å²) < 4.78 is 0. The summed E-state index contributed by atoms with van der Waals surface area (Å²) in [5.74, 6) is 0. The molecule has 0 heterocycles. The number of rotatable bonds is 0. The van der Waals surface area contributed by atoms with Gasteiger partial charge in [0.2, 0.25) is 0 Å². The molecule has 0 N–H and O–H groups in total. The van der Waals surface area contributed by atoms with Crippen LogP contribution in [0.4, 0.5) is 0 Å². The zero-order valence-corrected chi connectivity index (χ0v) is 11.2. The molecule has 0 unspecified atom stereocenters. The molecule has 3 heteroatoms. The van der Waals surface area contributed by atoms with Crippen LogP contribution in [0, 0.1) is 13.5 Å². The topological polar surface area (TPSA) is 0 Å². The van der Waals surface area contributed by atoms with Crippen molar-refractivity contribution in [2.24, 2.45) is 0 Å². The fourth-order valence-electron chi connectivity index (χ4n) is 0.515. The van der Waals surface area contributed by atoms with Gasteiger partial charge in [0.25, 0.3) is 0 Å². The Morgan fingerprint density at radius 2 is 1.90 bits per heavy atom. The summed E-state index contributed by atoms with van der Waals surface area (Å²) in [5, 5.41) is 0. The van der Waals surface area contributed by atoms with Gasteiger partial charge in [0.05, 0.1) is 0 Å². The minimum atomic E-state index is 0. The molecule has 1 rings (SSSR count). The van der Waals surface area contributed by atoms with Crippen molar-refractivity contribution >= 4 is 0 Å². The Balaban J connectivity index is -0.0000000450. The normalized spacial score (nSPS) is 11.1. The van der Waals surface area contributed by atoms with Gasteiger partial charge in [0.1, 0.15) is 0 Å². The van der Waals surface area contributed by atoms with Crippen molar-refractivity contribution in [1.82, 2.24) is 0 Å². The molecule has 1 aliphatic carbocycles. The second-order valence-electron chi connectivity index (χ2n) is 1.47. The molecule has 0 saturated heterocycles. The zero-order chi connectivity index (χ0) is 4.41. The van der Waals surface area contributed by atoms with Crippen LogP contribution < -0.4 is 24.8 Å². The Bertz CT molecular complexity index is 105. The van der Waals surface area contributed by atoms with Crippen LogP contribution >= 0.6 is 0 Å². The third-order valence-electron chi connectivity index (χ3n) is 0.867. The molecule has 0 saturated carbocycles. The summed E-state index contributed by atoms with van der Waals surface area (Å²) in [5.41, 5.74) is 1.27. The molecule has 0 amide bonds. The molecule has 0 atom stereocenters. The minimum absolute atomic E-state index is 0.